The molecule has 2 bridgehead atoms. The third-order valence-corrected chi connectivity index (χ3v) is 8.13. The summed E-state index contributed by atoms with van der Waals surface area (Å²) < 4.78 is 0. The first-order chi connectivity index (χ1) is 13.8. The van der Waals surface area contributed by atoms with Crippen LogP contribution in [0, 0.1) is 11.8 Å². The quantitative estimate of drug-likeness (QED) is 0.595. The fourth-order valence-corrected chi connectivity index (χ4v) is 6.51. The minimum Gasteiger partial charge on any atom is -0.507 e. The number of carbonyl (C=O) groups is 2. The van der Waals surface area contributed by atoms with Crippen molar-refractivity contribution in [3.05, 3.63) is 28.8 Å². The van der Waals surface area contributed by atoms with Crippen LogP contribution < -0.4 is 11.5 Å². The van der Waals surface area contributed by atoms with E-state index in [2.05, 4.69) is 4.90 Å². The number of aromatic hydroxyl groups is 1. The van der Waals surface area contributed by atoms with E-state index in [0.717, 1.165) is 18.7 Å². The Morgan fingerprint density at radius 1 is 1.17 bits per heavy atom. The van der Waals surface area contributed by atoms with Gasteiger partial charge in [-0.3, -0.25) is 14.5 Å². The van der Waals surface area contributed by atoms with Crippen molar-refractivity contribution < 1.29 is 19.8 Å². The van der Waals surface area contributed by atoms with Gasteiger partial charge in [0.05, 0.1) is 11.2 Å². The lowest BCUT2D eigenvalue weighted by atomic mass is 9.47. The zero-order valence-corrected chi connectivity index (χ0v) is 16.6. The van der Waals surface area contributed by atoms with Gasteiger partial charge in [-0.25, -0.2) is 0 Å². The number of fused-ring (bicyclic) bond motifs is 1. The topological polar surface area (TPSA) is 130 Å². The van der Waals surface area contributed by atoms with E-state index in [9.17, 15) is 19.8 Å². The number of primary amides is 2. The summed E-state index contributed by atoms with van der Waals surface area (Å²) in [6.07, 6.45) is 5.15. The van der Waals surface area contributed by atoms with E-state index in [1.165, 1.54) is 12.8 Å². The number of hydrogen-bond acceptors (Lipinski definition) is 5. The highest BCUT2D eigenvalue weighted by Gasteiger charge is 2.66. The molecule has 0 radical (unpaired) electrons. The third kappa shape index (κ3) is 2.56. The first-order valence-corrected chi connectivity index (χ1v) is 10.7. The molecule has 7 nitrogen and oxygen atoms in total. The molecule has 1 aromatic carbocycles. The molecule has 7 heteroatoms. The zero-order valence-electron chi connectivity index (χ0n) is 16.6. The van der Waals surface area contributed by atoms with Crippen LogP contribution in [0.3, 0.4) is 0 Å². The van der Waals surface area contributed by atoms with Gasteiger partial charge in [0.1, 0.15) is 5.75 Å². The molecular weight excluding hydrogens is 370 g/mol. The summed E-state index contributed by atoms with van der Waals surface area (Å²) in [4.78, 5) is 26.4. The number of carbonyl (C=O) groups excluding carboxylic acids is 2. The number of aliphatic hydroxyl groups is 1. The number of rotatable bonds is 4. The molecule has 3 aliphatic carbocycles. The van der Waals surface area contributed by atoms with Gasteiger partial charge in [0.15, 0.2) is 0 Å². The van der Waals surface area contributed by atoms with Crippen LogP contribution in [-0.4, -0.2) is 51.7 Å². The van der Waals surface area contributed by atoms with Gasteiger partial charge in [0.25, 0.3) is 5.91 Å². The Hall–Kier alpha value is -2.12. The van der Waals surface area contributed by atoms with Gasteiger partial charge >= 0.3 is 0 Å². The predicted octanol–water partition coefficient (Wildman–Crippen LogP) is 0.786. The summed E-state index contributed by atoms with van der Waals surface area (Å²) in [7, 11) is 0. The number of benzene rings is 1. The van der Waals surface area contributed by atoms with Crippen molar-refractivity contribution in [3.8, 4) is 5.75 Å². The fourth-order valence-electron chi connectivity index (χ4n) is 6.51. The number of piperidine rings is 1. The molecule has 0 spiro atoms. The fraction of sp³-hybridized carbons (Fsp3) is 0.636. The predicted molar refractivity (Wildman–Crippen MR) is 106 cm³/mol. The molecule has 4 aliphatic rings. The lowest BCUT2D eigenvalue weighted by molar-refractivity contribution is -0.177. The second-order valence-electron chi connectivity index (χ2n) is 9.62. The van der Waals surface area contributed by atoms with Crippen LogP contribution in [0.4, 0.5) is 0 Å². The Kier molecular flexibility index (Phi) is 4.03. The molecule has 1 aliphatic heterocycles. The van der Waals surface area contributed by atoms with Crippen LogP contribution in [0.5, 0.6) is 5.75 Å². The highest BCUT2D eigenvalue weighted by atomic mass is 16.3. The van der Waals surface area contributed by atoms with Gasteiger partial charge in [0, 0.05) is 29.5 Å². The van der Waals surface area contributed by atoms with Gasteiger partial charge < -0.3 is 21.7 Å². The number of nitrogens with zero attached hydrogens (tertiary/aromatic N) is 1. The monoisotopic (exact) mass is 399 g/mol. The Labute approximate surface area is 170 Å². The number of hydrogen-bond donors (Lipinski definition) is 4. The molecule has 5 rings (SSSR count). The second kappa shape index (κ2) is 6.19. The van der Waals surface area contributed by atoms with Gasteiger partial charge in [-0.15, -0.1) is 0 Å². The second-order valence-corrected chi connectivity index (χ2v) is 9.62. The molecule has 6 N–H and O–H groups in total. The van der Waals surface area contributed by atoms with E-state index in [1.807, 2.05) is 6.07 Å². The summed E-state index contributed by atoms with van der Waals surface area (Å²) in [5.41, 5.74) is 10.9. The highest BCUT2D eigenvalue weighted by Crippen LogP contribution is 2.61. The van der Waals surface area contributed by atoms with Gasteiger partial charge in [0.2, 0.25) is 5.91 Å². The Morgan fingerprint density at radius 3 is 2.59 bits per heavy atom. The first kappa shape index (κ1) is 18.9. The Balaban J connectivity index is 1.68. The normalized spacial score (nSPS) is 36.2. The minimum absolute atomic E-state index is 0.0583. The van der Waals surface area contributed by atoms with Crippen LogP contribution in [0.25, 0.3) is 0 Å². The molecule has 2 amide bonds. The van der Waals surface area contributed by atoms with E-state index < -0.39 is 16.9 Å². The van der Waals surface area contributed by atoms with Crippen LogP contribution in [0.1, 0.15) is 60.0 Å². The molecule has 4 atom stereocenters. The largest absolute Gasteiger partial charge is 0.507 e. The van der Waals surface area contributed by atoms with Crippen molar-refractivity contribution >= 4 is 11.8 Å². The maximum absolute atomic E-state index is 12.1. The molecule has 1 saturated heterocycles. The van der Waals surface area contributed by atoms with Crippen LogP contribution >= 0.6 is 0 Å². The molecule has 2 saturated carbocycles. The van der Waals surface area contributed by atoms with E-state index in [1.54, 1.807) is 6.07 Å². The highest BCUT2D eigenvalue weighted by molar-refractivity contribution is 5.96. The van der Waals surface area contributed by atoms with E-state index in [0.29, 0.717) is 43.6 Å². The number of likely N-dealkylation sites (tertiary alicyclic amines) is 1. The summed E-state index contributed by atoms with van der Waals surface area (Å²) in [5.74, 6) is -0.835. The zero-order chi connectivity index (χ0) is 20.6. The van der Waals surface area contributed by atoms with E-state index in [-0.39, 0.29) is 29.2 Å². The van der Waals surface area contributed by atoms with Crippen molar-refractivity contribution in [1.82, 2.24) is 4.90 Å². The molecule has 1 unspecified atom stereocenters. The number of amides is 2. The van der Waals surface area contributed by atoms with Gasteiger partial charge in [-0.1, -0.05) is 6.07 Å². The molecule has 156 valence electrons. The maximum atomic E-state index is 12.1. The van der Waals surface area contributed by atoms with Crippen LogP contribution in [-0.2, 0) is 16.6 Å². The van der Waals surface area contributed by atoms with Crippen molar-refractivity contribution in [1.29, 1.82) is 0 Å². The number of phenols is 1. The average Bonchev–Trinajstić information content (AvgIpc) is 3.47. The van der Waals surface area contributed by atoms with Gasteiger partial charge in [-0.05, 0) is 69.0 Å². The van der Waals surface area contributed by atoms with Crippen LogP contribution in [0.15, 0.2) is 12.1 Å². The third-order valence-electron chi connectivity index (χ3n) is 8.13. The Bertz CT molecular complexity index is 898. The lowest BCUT2D eigenvalue weighted by Crippen LogP contribution is -2.73. The molecule has 3 fully saturated rings. The molecule has 0 aromatic heterocycles. The Morgan fingerprint density at radius 2 is 1.93 bits per heavy atom. The van der Waals surface area contributed by atoms with Crippen molar-refractivity contribution in [3.63, 3.8) is 0 Å². The number of nitrogens with two attached hydrogens (primary N) is 2. The van der Waals surface area contributed by atoms with Crippen molar-refractivity contribution in [2.75, 3.05) is 13.1 Å². The summed E-state index contributed by atoms with van der Waals surface area (Å²) >= 11 is 0. The maximum Gasteiger partial charge on any atom is 0.252 e. The van der Waals surface area contributed by atoms with Gasteiger partial charge in [-0.2, -0.15) is 0 Å². The molecule has 1 aromatic rings. The average molecular weight is 399 g/mol. The van der Waals surface area contributed by atoms with Crippen molar-refractivity contribution in [2.45, 2.75) is 62.0 Å². The van der Waals surface area contributed by atoms with Crippen LogP contribution in [0.2, 0.25) is 0 Å². The SMILES string of the molecule is NC(=O)c1ccc2c(c1O)[C@]13CCN(CC4CC4)[C@H](C2)[C@]1(O)CCC(C(N)=O)C3. The summed E-state index contributed by atoms with van der Waals surface area (Å²) in [6, 6.07) is 3.38. The molecule has 29 heavy (non-hydrogen) atoms. The molecular formula is C22H29N3O4. The first-order valence-electron chi connectivity index (χ1n) is 10.7. The van der Waals surface area contributed by atoms with E-state index in [4.69, 9.17) is 11.5 Å². The lowest BCUT2D eigenvalue weighted by Gasteiger charge is -2.64. The smallest absolute Gasteiger partial charge is 0.252 e. The molecule has 1 heterocycles. The van der Waals surface area contributed by atoms with E-state index >= 15 is 0 Å². The summed E-state index contributed by atoms with van der Waals surface area (Å²) in [6.45, 7) is 1.79. The van der Waals surface area contributed by atoms with Crippen molar-refractivity contribution in [2.24, 2.45) is 23.3 Å². The minimum atomic E-state index is -1.06. The standard InChI is InChI=1S/C22H29N3O4/c23-19(27)14-5-6-22(29)16-9-13-3-4-15(20(24)28)18(26)17(13)21(22,10-14)7-8-25(16)11-12-1-2-12/h3-4,12,14,16,26,29H,1-2,5-11H2,(H2,23,27)(H2,24,28)/t14?,16-,21-,22-/m1/s1. The summed E-state index contributed by atoms with van der Waals surface area (Å²) in [5, 5.41) is 23.2.